The van der Waals surface area contributed by atoms with Gasteiger partial charge in [0.25, 0.3) is 0 Å². The van der Waals surface area contributed by atoms with Crippen LogP contribution in [0.2, 0.25) is 0 Å². The molecular weight excluding hydrogens is 198 g/mol. The predicted molar refractivity (Wildman–Crippen MR) is 52.6 cm³/mol. The lowest BCUT2D eigenvalue weighted by atomic mass is 10.4. The number of rotatable bonds is 4. The summed E-state index contributed by atoms with van der Waals surface area (Å²) in [6.45, 7) is 1.46. The molecule has 0 atom stereocenters. The summed E-state index contributed by atoms with van der Waals surface area (Å²) in [4.78, 5) is 34.5. The Balaban J connectivity index is 2.21. The van der Waals surface area contributed by atoms with Gasteiger partial charge in [0, 0.05) is 13.1 Å². The van der Waals surface area contributed by atoms with Gasteiger partial charge in [-0.2, -0.15) is 0 Å². The standard InChI is InChI=1S/C9H15N3O3/c10-7(13)5-8(14)11-6-9(15)12-3-1-2-4-12/h1-6H2,(H2,10,13)(H,11,14). The highest BCUT2D eigenvalue weighted by Crippen LogP contribution is 2.06. The summed E-state index contributed by atoms with van der Waals surface area (Å²) in [5, 5.41) is 2.36. The summed E-state index contributed by atoms with van der Waals surface area (Å²) in [5.74, 6) is -1.30. The van der Waals surface area contributed by atoms with E-state index in [2.05, 4.69) is 5.32 Å². The molecule has 1 aliphatic heterocycles. The number of carbonyl (C=O) groups is 3. The van der Waals surface area contributed by atoms with Crippen molar-refractivity contribution >= 4 is 17.7 Å². The minimum atomic E-state index is -0.693. The zero-order chi connectivity index (χ0) is 11.3. The Hall–Kier alpha value is -1.59. The fourth-order valence-corrected chi connectivity index (χ4v) is 1.47. The van der Waals surface area contributed by atoms with Crippen molar-refractivity contribution in [1.82, 2.24) is 10.2 Å². The fourth-order valence-electron chi connectivity index (χ4n) is 1.47. The van der Waals surface area contributed by atoms with Crippen LogP contribution < -0.4 is 11.1 Å². The minimum Gasteiger partial charge on any atom is -0.369 e. The number of primary amides is 1. The normalized spacial score (nSPS) is 15.1. The van der Waals surface area contributed by atoms with Crippen LogP contribution in [0, 0.1) is 0 Å². The highest BCUT2D eigenvalue weighted by Gasteiger charge is 2.18. The highest BCUT2D eigenvalue weighted by atomic mass is 16.2. The quantitative estimate of drug-likeness (QED) is 0.562. The first-order valence-corrected chi connectivity index (χ1v) is 4.92. The van der Waals surface area contributed by atoms with E-state index in [1.54, 1.807) is 4.90 Å². The molecule has 6 nitrogen and oxygen atoms in total. The molecule has 1 aliphatic rings. The van der Waals surface area contributed by atoms with Gasteiger partial charge in [-0.25, -0.2) is 0 Å². The van der Waals surface area contributed by atoms with Crippen LogP contribution in [0.3, 0.4) is 0 Å². The second-order valence-electron chi connectivity index (χ2n) is 3.51. The molecule has 0 saturated carbocycles. The average molecular weight is 213 g/mol. The van der Waals surface area contributed by atoms with Crippen LogP contribution in [0.15, 0.2) is 0 Å². The molecule has 3 amide bonds. The molecule has 0 aromatic carbocycles. The number of nitrogens with zero attached hydrogens (tertiary/aromatic N) is 1. The Morgan fingerprint density at radius 2 is 1.80 bits per heavy atom. The van der Waals surface area contributed by atoms with Crippen LogP contribution in [0.5, 0.6) is 0 Å². The van der Waals surface area contributed by atoms with Gasteiger partial charge in [-0.3, -0.25) is 14.4 Å². The maximum absolute atomic E-state index is 11.4. The molecule has 0 radical (unpaired) electrons. The van der Waals surface area contributed by atoms with Crippen LogP contribution in [-0.2, 0) is 14.4 Å². The number of hydrogen-bond acceptors (Lipinski definition) is 3. The Kier molecular flexibility index (Phi) is 4.08. The summed E-state index contributed by atoms with van der Waals surface area (Å²) < 4.78 is 0. The second kappa shape index (κ2) is 5.33. The molecule has 0 spiro atoms. The van der Waals surface area contributed by atoms with Crippen LogP contribution in [0.25, 0.3) is 0 Å². The smallest absolute Gasteiger partial charge is 0.241 e. The zero-order valence-electron chi connectivity index (χ0n) is 8.49. The largest absolute Gasteiger partial charge is 0.369 e. The zero-order valence-corrected chi connectivity index (χ0v) is 8.49. The van der Waals surface area contributed by atoms with Crippen molar-refractivity contribution in [1.29, 1.82) is 0 Å². The number of nitrogens with one attached hydrogen (secondary N) is 1. The maximum atomic E-state index is 11.4. The lowest BCUT2D eigenvalue weighted by Crippen LogP contribution is -2.39. The first kappa shape index (κ1) is 11.5. The molecular formula is C9H15N3O3. The summed E-state index contributed by atoms with van der Waals surface area (Å²) in [5.41, 5.74) is 4.83. The van der Waals surface area contributed by atoms with Gasteiger partial charge in [-0.15, -0.1) is 0 Å². The summed E-state index contributed by atoms with van der Waals surface area (Å²) in [7, 11) is 0. The Morgan fingerprint density at radius 3 is 2.33 bits per heavy atom. The number of likely N-dealkylation sites (tertiary alicyclic amines) is 1. The Bertz CT molecular complexity index is 272. The molecule has 3 N–H and O–H groups in total. The number of hydrogen-bond donors (Lipinski definition) is 2. The van der Waals surface area contributed by atoms with Crippen LogP contribution in [0.1, 0.15) is 19.3 Å². The number of nitrogens with two attached hydrogens (primary N) is 1. The molecule has 1 saturated heterocycles. The second-order valence-corrected chi connectivity index (χ2v) is 3.51. The van der Waals surface area contributed by atoms with E-state index in [1.807, 2.05) is 0 Å². The van der Waals surface area contributed by atoms with Crippen molar-refractivity contribution < 1.29 is 14.4 Å². The van der Waals surface area contributed by atoms with Gasteiger partial charge < -0.3 is 16.0 Å². The molecule has 0 aromatic rings. The molecule has 84 valence electrons. The summed E-state index contributed by atoms with van der Waals surface area (Å²) in [6, 6.07) is 0. The molecule has 0 bridgehead atoms. The van der Waals surface area contributed by atoms with Crippen molar-refractivity contribution in [2.75, 3.05) is 19.6 Å². The van der Waals surface area contributed by atoms with E-state index < -0.39 is 11.8 Å². The van der Waals surface area contributed by atoms with Gasteiger partial charge >= 0.3 is 0 Å². The molecule has 6 heteroatoms. The van der Waals surface area contributed by atoms with Gasteiger partial charge in [0.05, 0.1) is 6.54 Å². The van der Waals surface area contributed by atoms with Gasteiger partial charge in [-0.05, 0) is 12.8 Å². The van der Waals surface area contributed by atoms with Crippen LogP contribution in [0.4, 0.5) is 0 Å². The third-order valence-corrected chi connectivity index (χ3v) is 2.23. The molecule has 0 aromatic heterocycles. The van der Waals surface area contributed by atoms with E-state index in [4.69, 9.17) is 5.73 Å². The molecule has 15 heavy (non-hydrogen) atoms. The molecule has 1 heterocycles. The number of amides is 3. The topological polar surface area (TPSA) is 92.5 Å². The van der Waals surface area contributed by atoms with E-state index in [1.165, 1.54) is 0 Å². The summed E-state index contributed by atoms with van der Waals surface area (Å²) in [6.07, 6.45) is 1.66. The third-order valence-electron chi connectivity index (χ3n) is 2.23. The SMILES string of the molecule is NC(=O)CC(=O)NCC(=O)N1CCCC1. The maximum Gasteiger partial charge on any atom is 0.241 e. The average Bonchev–Trinajstić information content (AvgIpc) is 2.65. The van der Waals surface area contributed by atoms with Crippen molar-refractivity contribution in [3.8, 4) is 0 Å². The van der Waals surface area contributed by atoms with E-state index in [9.17, 15) is 14.4 Å². The third kappa shape index (κ3) is 3.97. The van der Waals surface area contributed by atoms with Gasteiger partial charge in [0.2, 0.25) is 17.7 Å². The Labute approximate surface area is 87.8 Å². The minimum absolute atomic E-state index is 0.0495. The van der Waals surface area contributed by atoms with Gasteiger partial charge in [0.15, 0.2) is 0 Å². The first-order chi connectivity index (χ1) is 7.09. The predicted octanol–water partition coefficient (Wildman–Crippen LogP) is -1.40. The summed E-state index contributed by atoms with van der Waals surface area (Å²) >= 11 is 0. The highest BCUT2D eigenvalue weighted by molar-refractivity contribution is 5.97. The van der Waals surface area contributed by atoms with Gasteiger partial charge in [0.1, 0.15) is 6.42 Å². The first-order valence-electron chi connectivity index (χ1n) is 4.92. The Morgan fingerprint density at radius 1 is 1.20 bits per heavy atom. The van der Waals surface area contributed by atoms with E-state index in [0.717, 1.165) is 25.9 Å². The molecule has 1 rings (SSSR count). The van der Waals surface area contributed by atoms with Crippen LogP contribution >= 0.6 is 0 Å². The van der Waals surface area contributed by atoms with E-state index in [0.29, 0.717) is 0 Å². The number of carbonyl (C=O) groups excluding carboxylic acids is 3. The molecule has 1 fully saturated rings. The van der Waals surface area contributed by atoms with Gasteiger partial charge in [-0.1, -0.05) is 0 Å². The molecule has 0 unspecified atom stereocenters. The van der Waals surface area contributed by atoms with Crippen molar-refractivity contribution in [2.45, 2.75) is 19.3 Å². The monoisotopic (exact) mass is 213 g/mol. The molecule has 0 aliphatic carbocycles. The van der Waals surface area contributed by atoms with E-state index >= 15 is 0 Å². The van der Waals surface area contributed by atoms with Crippen molar-refractivity contribution in [3.05, 3.63) is 0 Å². The lowest BCUT2D eigenvalue weighted by Gasteiger charge is -2.15. The lowest BCUT2D eigenvalue weighted by molar-refractivity contribution is -0.133. The van der Waals surface area contributed by atoms with E-state index in [-0.39, 0.29) is 18.9 Å². The van der Waals surface area contributed by atoms with Crippen LogP contribution in [-0.4, -0.2) is 42.3 Å². The fraction of sp³-hybridized carbons (Fsp3) is 0.667. The van der Waals surface area contributed by atoms with Crippen molar-refractivity contribution in [2.24, 2.45) is 5.73 Å². The van der Waals surface area contributed by atoms with Crippen molar-refractivity contribution in [3.63, 3.8) is 0 Å².